The van der Waals surface area contributed by atoms with Crippen molar-refractivity contribution in [2.45, 2.75) is 31.6 Å². The number of thioether (sulfide) groups is 1. The molecule has 3 aromatic rings. The van der Waals surface area contributed by atoms with Crippen molar-refractivity contribution in [3.8, 4) is 0 Å². The number of anilines is 1. The van der Waals surface area contributed by atoms with Crippen molar-refractivity contribution < 1.29 is 4.79 Å². The molecule has 0 spiro atoms. The molecule has 2 heterocycles. The zero-order valence-electron chi connectivity index (χ0n) is 17.2. The predicted molar refractivity (Wildman–Crippen MR) is 125 cm³/mol. The Kier molecular flexibility index (Phi) is 6.75. The fourth-order valence-electron chi connectivity index (χ4n) is 3.54. The molecule has 8 heteroatoms. The van der Waals surface area contributed by atoms with Gasteiger partial charge in [-0.15, -0.1) is 0 Å². The van der Waals surface area contributed by atoms with Crippen molar-refractivity contribution >= 4 is 35.0 Å². The van der Waals surface area contributed by atoms with Gasteiger partial charge in [0.25, 0.3) is 5.56 Å². The molecule has 6 nitrogen and oxygen atoms in total. The number of fused-ring (bicyclic) bond motifs is 1. The van der Waals surface area contributed by atoms with E-state index in [2.05, 4.69) is 20.2 Å². The van der Waals surface area contributed by atoms with Crippen molar-refractivity contribution in [2.24, 2.45) is 0 Å². The first kappa shape index (κ1) is 21.6. The summed E-state index contributed by atoms with van der Waals surface area (Å²) in [6.07, 6.45) is 0.704. The Morgan fingerprint density at radius 1 is 1.23 bits per heavy atom. The Morgan fingerprint density at radius 3 is 2.77 bits per heavy atom. The number of nitrogens with one attached hydrogen (secondary N) is 2. The lowest BCUT2D eigenvalue weighted by molar-refractivity contribution is -0.113. The van der Waals surface area contributed by atoms with E-state index in [1.54, 1.807) is 0 Å². The molecule has 0 fully saturated rings. The average Bonchev–Trinajstić information content (AvgIpc) is 2.76. The van der Waals surface area contributed by atoms with Gasteiger partial charge in [0.2, 0.25) is 5.91 Å². The first-order valence-electron chi connectivity index (χ1n) is 10.0. The van der Waals surface area contributed by atoms with Crippen molar-refractivity contribution in [3.63, 3.8) is 0 Å². The number of hydrogen-bond acceptors (Lipinski definition) is 5. The number of para-hydroxylation sites is 1. The maximum Gasteiger partial charge on any atom is 0.256 e. The van der Waals surface area contributed by atoms with E-state index in [1.807, 2.05) is 55.5 Å². The van der Waals surface area contributed by atoms with Crippen LogP contribution in [0.5, 0.6) is 0 Å². The quantitative estimate of drug-likeness (QED) is 0.434. The number of aryl methyl sites for hydroxylation is 1. The number of aromatic amines is 1. The molecule has 0 radical (unpaired) electrons. The highest BCUT2D eigenvalue weighted by Gasteiger charge is 2.21. The second kappa shape index (κ2) is 9.68. The number of rotatable bonds is 6. The summed E-state index contributed by atoms with van der Waals surface area (Å²) >= 11 is 7.20. The number of carbonyl (C=O) groups is 1. The number of halogens is 1. The van der Waals surface area contributed by atoms with Gasteiger partial charge in [-0.3, -0.25) is 14.5 Å². The van der Waals surface area contributed by atoms with Crippen LogP contribution in [-0.4, -0.2) is 33.1 Å². The molecular weight excluding hydrogens is 432 g/mol. The summed E-state index contributed by atoms with van der Waals surface area (Å²) in [5.41, 5.74) is 4.34. The second-order valence-corrected chi connectivity index (χ2v) is 8.94. The number of hydrogen-bond donors (Lipinski definition) is 2. The minimum absolute atomic E-state index is 0.131. The SMILES string of the molecule is Cc1ccccc1NC(=O)CSc1nc2c(c(=O)[nH]1)CN(Cc1ccc(Cl)cc1)CC2. The molecule has 0 aliphatic carbocycles. The Hall–Kier alpha value is -2.61. The van der Waals surface area contributed by atoms with E-state index in [4.69, 9.17) is 11.6 Å². The third-order valence-corrected chi connectivity index (χ3v) is 6.33. The summed E-state index contributed by atoms with van der Waals surface area (Å²) in [5, 5.41) is 4.09. The molecule has 31 heavy (non-hydrogen) atoms. The minimum Gasteiger partial charge on any atom is -0.325 e. The number of nitrogens with zero attached hydrogens (tertiary/aromatic N) is 2. The van der Waals surface area contributed by atoms with Gasteiger partial charge >= 0.3 is 0 Å². The van der Waals surface area contributed by atoms with Crippen LogP contribution in [0.3, 0.4) is 0 Å². The second-order valence-electron chi connectivity index (χ2n) is 7.54. The van der Waals surface area contributed by atoms with Gasteiger partial charge in [0.05, 0.1) is 17.0 Å². The van der Waals surface area contributed by atoms with Gasteiger partial charge in [0.15, 0.2) is 5.16 Å². The Morgan fingerprint density at radius 2 is 2.00 bits per heavy atom. The van der Waals surface area contributed by atoms with Crippen LogP contribution in [0.25, 0.3) is 0 Å². The van der Waals surface area contributed by atoms with E-state index < -0.39 is 0 Å². The Labute approximate surface area is 190 Å². The number of aromatic nitrogens is 2. The maximum atomic E-state index is 12.7. The average molecular weight is 455 g/mol. The molecular formula is C23H23ClN4O2S. The van der Waals surface area contributed by atoms with Crippen LogP contribution in [0.4, 0.5) is 5.69 Å². The summed E-state index contributed by atoms with van der Waals surface area (Å²) in [5.74, 6) is 0.0486. The van der Waals surface area contributed by atoms with Gasteiger partial charge in [-0.1, -0.05) is 53.7 Å². The number of H-pyrrole nitrogens is 1. The lowest BCUT2D eigenvalue weighted by Gasteiger charge is -2.27. The van der Waals surface area contributed by atoms with E-state index in [9.17, 15) is 9.59 Å². The van der Waals surface area contributed by atoms with Crippen LogP contribution >= 0.6 is 23.4 Å². The fourth-order valence-corrected chi connectivity index (χ4v) is 4.35. The molecule has 1 aliphatic heterocycles. The summed E-state index contributed by atoms with van der Waals surface area (Å²) in [7, 11) is 0. The van der Waals surface area contributed by atoms with Gasteiger partial charge in [-0.2, -0.15) is 0 Å². The van der Waals surface area contributed by atoms with Crippen molar-refractivity contribution in [1.82, 2.24) is 14.9 Å². The largest absolute Gasteiger partial charge is 0.325 e. The lowest BCUT2D eigenvalue weighted by Crippen LogP contribution is -2.35. The number of benzene rings is 2. The van der Waals surface area contributed by atoms with Gasteiger partial charge in [-0.25, -0.2) is 4.98 Å². The maximum absolute atomic E-state index is 12.7. The smallest absolute Gasteiger partial charge is 0.256 e. The lowest BCUT2D eigenvalue weighted by atomic mass is 10.1. The molecule has 2 N–H and O–H groups in total. The first-order chi connectivity index (χ1) is 15.0. The van der Waals surface area contributed by atoms with Gasteiger partial charge < -0.3 is 10.3 Å². The van der Waals surface area contributed by atoms with E-state index in [-0.39, 0.29) is 17.2 Å². The van der Waals surface area contributed by atoms with Crippen LogP contribution in [0.2, 0.25) is 5.02 Å². The van der Waals surface area contributed by atoms with Crippen molar-refractivity contribution in [2.75, 3.05) is 17.6 Å². The zero-order chi connectivity index (χ0) is 21.8. The third-order valence-electron chi connectivity index (χ3n) is 5.20. The summed E-state index contributed by atoms with van der Waals surface area (Å²) in [6.45, 7) is 4.08. The molecule has 1 aliphatic rings. The topological polar surface area (TPSA) is 78.1 Å². The van der Waals surface area contributed by atoms with Crippen molar-refractivity contribution in [3.05, 3.63) is 86.3 Å². The molecule has 0 atom stereocenters. The van der Waals surface area contributed by atoms with Gasteiger partial charge in [-0.05, 0) is 36.2 Å². The summed E-state index contributed by atoms with van der Waals surface area (Å²) in [4.78, 5) is 34.6. The van der Waals surface area contributed by atoms with E-state index in [1.165, 1.54) is 11.8 Å². The molecule has 4 rings (SSSR count). The molecule has 0 unspecified atom stereocenters. The number of amides is 1. The van der Waals surface area contributed by atoms with Crippen LogP contribution in [0.1, 0.15) is 22.4 Å². The standard InChI is InChI=1S/C23H23ClN4O2S/c1-15-4-2-3-5-19(15)25-21(29)14-31-23-26-20-10-11-28(13-18(20)22(30)27-23)12-16-6-8-17(24)9-7-16/h2-9H,10-14H2,1H3,(H,25,29)(H,26,27,30). The molecule has 2 aromatic carbocycles. The fraction of sp³-hybridized carbons (Fsp3) is 0.261. The zero-order valence-corrected chi connectivity index (χ0v) is 18.7. The van der Waals surface area contributed by atoms with Crippen LogP contribution in [-0.2, 0) is 24.3 Å². The first-order valence-corrected chi connectivity index (χ1v) is 11.4. The highest BCUT2D eigenvalue weighted by molar-refractivity contribution is 7.99. The van der Waals surface area contributed by atoms with Crippen LogP contribution in [0.15, 0.2) is 58.5 Å². The number of carbonyl (C=O) groups excluding carboxylic acids is 1. The summed E-state index contributed by atoms with van der Waals surface area (Å²) < 4.78 is 0. The molecule has 1 aromatic heterocycles. The van der Waals surface area contributed by atoms with E-state index >= 15 is 0 Å². The molecule has 0 bridgehead atoms. The van der Waals surface area contributed by atoms with Gasteiger partial charge in [0.1, 0.15) is 0 Å². The van der Waals surface area contributed by atoms with Crippen LogP contribution in [0, 0.1) is 6.92 Å². The highest BCUT2D eigenvalue weighted by atomic mass is 35.5. The molecule has 0 saturated carbocycles. The molecule has 160 valence electrons. The molecule has 1 amide bonds. The van der Waals surface area contributed by atoms with Crippen molar-refractivity contribution in [1.29, 1.82) is 0 Å². The Balaban J connectivity index is 1.37. The monoisotopic (exact) mass is 454 g/mol. The van der Waals surface area contributed by atoms with E-state index in [0.717, 1.165) is 35.6 Å². The highest BCUT2D eigenvalue weighted by Crippen LogP contribution is 2.21. The third kappa shape index (κ3) is 5.55. The van der Waals surface area contributed by atoms with E-state index in [0.29, 0.717) is 28.7 Å². The normalized spacial score (nSPS) is 13.6. The molecule has 0 saturated heterocycles. The predicted octanol–water partition coefficient (Wildman–Crippen LogP) is 4.02. The Bertz CT molecular complexity index is 1150. The minimum atomic E-state index is -0.132. The summed E-state index contributed by atoms with van der Waals surface area (Å²) in [6, 6.07) is 15.4. The van der Waals surface area contributed by atoms with Gasteiger partial charge in [0, 0.05) is 36.8 Å². The van der Waals surface area contributed by atoms with Crippen LogP contribution < -0.4 is 10.9 Å².